The summed E-state index contributed by atoms with van der Waals surface area (Å²) in [5, 5.41) is 3.69. The predicted octanol–water partition coefficient (Wildman–Crippen LogP) is 4.96. The van der Waals surface area contributed by atoms with Crippen LogP contribution in [0.1, 0.15) is 37.3 Å². The van der Waals surface area contributed by atoms with E-state index in [-0.39, 0.29) is 0 Å². The number of hydrogen-bond donors (Lipinski definition) is 2. The Balaban J connectivity index is 1.75. The average Bonchev–Trinajstić information content (AvgIpc) is 2.56. The Bertz CT molecular complexity index is 459. The molecule has 0 saturated carbocycles. The molecular weight excluding hydrogens is 391 g/mol. The van der Waals surface area contributed by atoms with Gasteiger partial charge in [0.05, 0.1) is 0 Å². The van der Waals surface area contributed by atoms with E-state index in [0.717, 1.165) is 25.9 Å². The number of rotatable bonds is 9. The topological polar surface area (TPSA) is 24.1 Å². The minimum Gasteiger partial charge on any atom is -0.309 e. The summed E-state index contributed by atoms with van der Waals surface area (Å²) in [6, 6.07) is 11.1. The molecule has 1 aliphatic rings. The van der Waals surface area contributed by atoms with Crippen LogP contribution in [0.15, 0.2) is 54.1 Å². The standard InChI is InChI=1S/C17H23IN2S/c18-21-20-14-17(16-11-5-2-6-12-16)19-13-7-10-15-8-3-1-4-9-15/h1-3,5-6,9,11-12,17,19-20H,4,7-8,10,13-14H2/t17-/m0/s1. The molecule has 0 aromatic heterocycles. The maximum atomic E-state index is 3.69. The third kappa shape index (κ3) is 6.55. The molecule has 0 saturated heterocycles. The lowest BCUT2D eigenvalue weighted by atomic mass is 10.0. The van der Waals surface area contributed by atoms with Crippen LogP contribution in [0.25, 0.3) is 0 Å². The molecule has 114 valence electrons. The van der Waals surface area contributed by atoms with Crippen LogP contribution in [0.4, 0.5) is 0 Å². The molecule has 0 heterocycles. The maximum Gasteiger partial charge on any atom is 0.0456 e. The maximum absolute atomic E-state index is 3.69. The molecule has 2 rings (SSSR count). The van der Waals surface area contributed by atoms with E-state index in [1.807, 2.05) is 0 Å². The fourth-order valence-corrected chi connectivity index (χ4v) is 3.32. The van der Waals surface area contributed by atoms with Gasteiger partial charge < -0.3 is 5.32 Å². The molecule has 1 atom stereocenters. The largest absolute Gasteiger partial charge is 0.309 e. The van der Waals surface area contributed by atoms with Crippen molar-refractivity contribution in [1.82, 2.24) is 10.0 Å². The van der Waals surface area contributed by atoms with Crippen LogP contribution in [-0.4, -0.2) is 13.1 Å². The van der Waals surface area contributed by atoms with E-state index < -0.39 is 0 Å². The number of nitrogens with one attached hydrogen (secondary N) is 2. The van der Waals surface area contributed by atoms with Gasteiger partial charge in [-0.2, -0.15) is 0 Å². The van der Waals surface area contributed by atoms with Crippen LogP contribution in [0.5, 0.6) is 0 Å². The first-order valence-electron chi connectivity index (χ1n) is 7.52. The quantitative estimate of drug-likeness (QED) is 0.259. The monoisotopic (exact) mass is 414 g/mol. The van der Waals surface area contributed by atoms with Gasteiger partial charge in [0.1, 0.15) is 0 Å². The van der Waals surface area contributed by atoms with Crippen molar-refractivity contribution in [3.05, 3.63) is 59.7 Å². The van der Waals surface area contributed by atoms with Crippen molar-refractivity contribution in [2.24, 2.45) is 0 Å². The van der Waals surface area contributed by atoms with Gasteiger partial charge in [-0.3, -0.25) is 4.72 Å². The Labute approximate surface area is 144 Å². The van der Waals surface area contributed by atoms with E-state index in [2.05, 4.69) is 79.8 Å². The minimum absolute atomic E-state index is 0.383. The van der Waals surface area contributed by atoms with Crippen LogP contribution in [0, 0.1) is 0 Å². The van der Waals surface area contributed by atoms with Gasteiger partial charge in [-0.25, -0.2) is 0 Å². The highest BCUT2D eigenvalue weighted by Crippen LogP contribution is 2.17. The second kappa shape index (κ2) is 10.4. The Morgan fingerprint density at radius 1 is 1.19 bits per heavy atom. The Morgan fingerprint density at radius 2 is 2.05 bits per heavy atom. The fraction of sp³-hybridized carbons (Fsp3) is 0.412. The summed E-state index contributed by atoms with van der Waals surface area (Å²) in [7, 11) is 1.65. The van der Waals surface area contributed by atoms with Gasteiger partial charge in [0.15, 0.2) is 0 Å². The summed E-state index contributed by atoms with van der Waals surface area (Å²) < 4.78 is 3.36. The van der Waals surface area contributed by atoms with Gasteiger partial charge in [0.25, 0.3) is 0 Å². The molecule has 0 aliphatic heterocycles. The molecular formula is C17H23IN2S. The molecule has 21 heavy (non-hydrogen) atoms. The van der Waals surface area contributed by atoms with Crippen LogP contribution < -0.4 is 10.0 Å². The van der Waals surface area contributed by atoms with Gasteiger partial charge in [-0.1, -0.05) is 54.1 Å². The van der Waals surface area contributed by atoms with Crippen molar-refractivity contribution in [1.29, 1.82) is 0 Å². The Morgan fingerprint density at radius 3 is 2.76 bits per heavy atom. The first-order valence-corrected chi connectivity index (χ1v) is 10.9. The van der Waals surface area contributed by atoms with Crippen LogP contribution in [-0.2, 0) is 0 Å². The number of benzene rings is 1. The van der Waals surface area contributed by atoms with Crippen LogP contribution >= 0.6 is 30.3 Å². The first-order chi connectivity index (χ1) is 10.4. The van der Waals surface area contributed by atoms with Gasteiger partial charge in [0.2, 0.25) is 0 Å². The van der Waals surface area contributed by atoms with Crippen molar-refractivity contribution in [3.63, 3.8) is 0 Å². The van der Waals surface area contributed by atoms with Crippen molar-refractivity contribution in [2.45, 2.75) is 31.7 Å². The molecule has 1 aromatic rings. The lowest BCUT2D eigenvalue weighted by Gasteiger charge is -2.19. The first kappa shape index (κ1) is 17.1. The van der Waals surface area contributed by atoms with E-state index >= 15 is 0 Å². The smallest absolute Gasteiger partial charge is 0.0456 e. The summed E-state index contributed by atoms with van der Waals surface area (Å²) in [4.78, 5) is 0. The van der Waals surface area contributed by atoms with Crippen LogP contribution in [0.2, 0.25) is 0 Å². The SMILES string of the molecule is ISNC[C@H](NCCCC1=CCC=CC1)c1ccccc1. The molecule has 1 aromatic carbocycles. The molecule has 0 fully saturated rings. The normalized spacial score (nSPS) is 15.8. The molecule has 2 N–H and O–H groups in total. The predicted molar refractivity (Wildman–Crippen MR) is 102 cm³/mol. The van der Waals surface area contributed by atoms with E-state index in [9.17, 15) is 0 Å². The van der Waals surface area contributed by atoms with Crippen molar-refractivity contribution < 1.29 is 0 Å². The zero-order chi connectivity index (χ0) is 14.8. The summed E-state index contributed by atoms with van der Waals surface area (Å²) in [6.07, 6.45) is 11.6. The molecule has 1 aliphatic carbocycles. The fourth-order valence-electron chi connectivity index (χ4n) is 2.55. The van der Waals surface area contributed by atoms with E-state index in [1.165, 1.54) is 18.4 Å². The molecule has 2 nitrogen and oxygen atoms in total. The number of hydrogen-bond acceptors (Lipinski definition) is 3. The third-order valence-corrected chi connectivity index (χ3v) is 4.91. The number of halogens is 1. The molecule has 0 radical (unpaired) electrons. The van der Waals surface area contributed by atoms with E-state index in [1.54, 1.807) is 14.7 Å². The highest BCUT2D eigenvalue weighted by Gasteiger charge is 2.10. The van der Waals surface area contributed by atoms with Gasteiger partial charge in [0, 0.05) is 33.8 Å². The molecule has 0 bridgehead atoms. The molecule has 0 amide bonds. The van der Waals surface area contributed by atoms with Crippen LogP contribution in [0.3, 0.4) is 0 Å². The minimum atomic E-state index is 0.383. The second-order valence-corrected chi connectivity index (χ2v) is 6.98. The summed E-state index contributed by atoms with van der Waals surface area (Å²) in [5.41, 5.74) is 2.95. The third-order valence-electron chi connectivity index (χ3n) is 3.70. The van der Waals surface area contributed by atoms with Gasteiger partial charge >= 0.3 is 0 Å². The van der Waals surface area contributed by atoms with Crippen molar-refractivity contribution in [3.8, 4) is 0 Å². The zero-order valence-corrected chi connectivity index (χ0v) is 15.2. The van der Waals surface area contributed by atoms with Crippen molar-refractivity contribution in [2.75, 3.05) is 13.1 Å². The Kier molecular flexibility index (Phi) is 8.47. The second-order valence-electron chi connectivity index (χ2n) is 5.22. The summed E-state index contributed by atoms with van der Waals surface area (Å²) in [6.45, 7) is 2.01. The lowest BCUT2D eigenvalue weighted by Crippen LogP contribution is -2.29. The molecule has 0 spiro atoms. The Hall–Kier alpha value is -0.300. The lowest BCUT2D eigenvalue weighted by molar-refractivity contribution is 0.520. The zero-order valence-electron chi connectivity index (χ0n) is 12.2. The highest BCUT2D eigenvalue weighted by atomic mass is 127. The summed E-state index contributed by atoms with van der Waals surface area (Å²) in [5.74, 6) is 0. The van der Waals surface area contributed by atoms with Crippen molar-refractivity contribution >= 4 is 30.3 Å². The van der Waals surface area contributed by atoms with E-state index in [0.29, 0.717) is 6.04 Å². The molecule has 0 unspecified atom stereocenters. The van der Waals surface area contributed by atoms with Gasteiger partial charge in [-0.05, 0) is 46.9 Å². The average molecular weight is 414 g/mol. The number of allylic oxidation sites excluding steroid dienone is 4. The van der Waals surface area contributed by atoms with Gasteiger partial charge in [-0.15, -0.1) is 0 Å². The molecule has 4 heteroatoms. The highest BCUT2D eigenvalue weighted by molar-refractivity contribution is 14.2. The van der Waals surface area contributed by atoms with E-state index in [4.69, 9.17) is 0 Å². The summed E-state index contributed by atoms with van der Waals surface area (Å²) >= 11 is 2.28.